The van der Waals surface area contributed by atoms with E-state index in [-0.39, 0.29) is 23.5 Å². The van der Waals surface area contributed by atoms with Crippen molar-refractivity contribution in [1.29, 1.82) is 0 Å². The Balaban J connectivity index is 2.79. The predicted molar refractivity (Wildman–Crippen MR) is 81.0 cm³/mol. The fraction of sp³-hybridized carbons (Fsp3) is 0.600. The molecule has 0 aromatic heterocycles. The minimum atomic E-state index is -3.02. The third-order valence-electron chi connectivity index (χ3n) is 3.31. The van der Waals surface area contributed by atoms with E-state index < -0.39 is 9.84 Å². The van der Waals surface area contributed by atoms with Crippen molar-refractivity contribution in [2.75, 3.05) is 18.1 Å². The third-order valence-corrected chi connectivity index (χ3v) is 5.23. The fourth-order valence-electron chi connectivity index (χ4n) is 2.08. The Morgan fingerprint density at radius 1 is 1.11 bits per heavy atom. The van der Waals surface area contributed by atoms with E-state index in [9.17, 15) is 8.42 Å². The summed E-state index contributed by atoms with van der Waals surface area (Å²) in [5.74, 6) is 0.677. The van der Waals surface area contributed by atoms with E-state index in [0.717, 1.165) is 18.5 Å². The average molecular weight is 283 g/mol. The van der Waals surface area contributed by atoms with Crippen LogP contribution in [-0.2, 0) is 9.84 Å². The fourth-order valence-corrected chi connectivity index (χ4v) is 4.14. The maximum atomic E-state index is 12.2. The number of benzene rings is 1. The Labute approximate surface area is 117 Å². The van der Waals surface area contributed by atoms with E-state index >= 15 is 0 Å². The lowest BCUT2D eigenvalue weighted by molar-refractivity contribution is 0.541. The molecule has 0 aliphatic carbocycles. The van der Waals surface area contributed by atoms with Crippen LogP contribution in [-0.4, -0.2) is 26.5 Å². The zero-order valence-corrected chi connectivity index (χ0v) is 12.9. The smallest absolute Gasteiger partial charge is 0.152 e. The van der Waals surface area contributed by atoms with Crippen LogP contribution in [0.25, 0.3) is 0 Å². The van der Waals surface area contributed by atoms with Crippen molar-refractivity contribution in [3.05, 3.63) is 35.9 Å². The highest BCUT2D eigenvalue weighted by atomic mass is 32.2. The molecule has 0 saturated carbocycles. The Kier molecular flexibility index (Phi) is 6.52. The van der Waals surface area contributed by atoms with Crippen molar-refractivity contribution in [1.82, 2.24) is 5.32 Å². The number of hydrogen-bond donors (Lipinski definition) is 1. The van der Waals surface area contributed by atoms with Gasteiger partial charge in [-0.1, -0.05) is 57.5 Å². The van der Waals surface area contributed by atoms with Gasteiger partial charge in [-0.05, 0) is 18.0 Å². The van der Waals surface area contributed by atoms with Gasteiger partial charge in [0.25, 0.3) is 0 Å². The monoisotopic (exact) mass is 283 g/mol. The van der Waals surface area contributed by atoms with Crippen LogP contribution in [0.1, 0.15) is 38.8 Å². The topological polar surface area (TPSA) is 46.2 Å². The van der Waals surface area contributed by atoms with Gasteiger partial charge in [-0.3, -0.25) is 0 Å². The van der Waals surface area contributed by atoms with Gasteiger partial charge in [0, 0.05) is 6.04 Å². The second-order valence-electron chi connectivity index (χ2n) is 5.11. The molecule has 0 fully saturated rings. The molecule has 2 unspecified atom stereocenters. The van der Waals surface area contributed by atoms with E-state index in [1.165, 1.54) is 0 Å². The zero-order chi connectivity index (χ0) is 14.3. The first kappa shape index (κ1) is 16.2. The van der Waals surface area contributed by atoms with Gasteiger partial charge in [-0.2, -0.15) is 0 Å². The quantitative estimate of drug-likeness (QED) is 0.798. The summed E-state index contributed by atoms with van der Waals surface area (Å²) in [7, 11) is -3.02. The highest BCUT2D eigenvalue weighted by Crippen LogP contribution is 2.17. The minimum absolute atomic E-state index is 0.111. The van der Waals surface area contributed by atoms with Crippen molar-refractivity contribution in [2.45, 2.75) is 33.2 Å². The molecule has 3 nitrogen and oxygen atoms in total. The van der Waals surface area contributed by atoms with Crippen LogP contribution in [0.15, 0.2) is 30.3 Å². The second-order valence-corrected chi connectivity index (χ2v) is 7.27. The van der Waals surface area contributed by atoms with Crippen LogP contribution >= 0.6 is 0 Å². The number of hydrogen-bond acceptors (Lipinski definition) is 3. The Morgan fingerprint density at radius 2 is 1.74 bits per heavy atom. The first-order valence-corrected chi connectivity index (χ1v) is 8.79. The highest BCUT2D eigenvalue weighted by molar-refractivity contribution is 7.91. The molecule has 0 aliphatic rings. The van der Waals surface area contributed by atoms with Crippen molar-refractivity contribution < 1.29 is 8.42 Å². The Morgan fingerprint density at radius 3 is 2.26 bits per heavy atom. The van der Waals surface area contributed by atoms with Crippen LogP contribution in [0.5, 0.6) is 0 Å². The van der Waals surface area contributed by atoms with Crippen LogP contribution in [0.3, 0.4) is 0 Å². The summed E-state index contributed by atoms with van der Waals surface area (Å²) in [6.07, 6.45) is 0.899. The number of sulfone groups is 1. The summed E-state index contributed by atoms with van der Waals surface area (Å²) in [5, 5.41) is 3.27. The van der Waals surface area contributed by atoms with E-state index in [0.29, 0.717) is 0 Å². The summed E-state index contributed by atoms with van der Waals surface area (Å²) in [6, 6.07) is 9.68. The van der Waals surface area contributed by atoms with Gasteiger partial charge in [0.1, 0.15) is 0 Å². The zero-order valence-electron chi connectivity index (χ0n) is 12.1. The van der Waals surface area contributed by atoms with Gasteiger partial charge < -0.3 is 5.32 Å². The van der Waals surface area contributed by atoms with Gasteiger partial charge in [0.2, 0.25) is 0 Å². The maximum Gasteiger partial charge on any atom is 0.152 e. The van der Waals surface area contributed by atoms with Gasteiger partial charge in [-0.25, -0.2) is 8.42 Å². The molecule has 108 valence electrons. The molecule has 1 rings (SSSR count). The normalized spacial score (nSPS) is 15.1. The Bertz CT molecular complexity index is 456. The summed E-state index contributed by atoms with van der Waals surface area (Å²) in [4.78, 5) is 0. The summed E-state index contributed by atoms with van der Waals surface area (Å²) in [6.45, 7) is 6.77. The molecule has 0 bridgehead atoms. The molecule has 4 heteroatoms. The van der Waals surface area contributed by atoms with Crippen molar-refractivity contribution in [3.63, 3.8) is 0 Å². The van der Waals surface area contributed by atoms with Crippen LogP contribution < -0.4 is 5.32 Å². The SMILES string of the molecule is CCNC(CS(=O)(=O)CC(C)CC)c1ccccc1. The molecule has 0 spiro atoms. The molecule has 0 heterocycles. The lowest BCUT2D eigenvalue weighted by Gasteiger charge is -2.19. The van der Waals surface area contributed by atoms with Crippen molar-refractivity contribution in [2.24, 2.45) is 5.92 Å². The van der Waals surface area contributed by atoms with E-state index in [2.05, 4.69) is 5.32 Å². The molecular weight excluding hydrogens is 258 g/mol. The van der Waals surface area contributed by atoms with Gasteiger partial charge in [0.15, 0.2) is 9.84 Å². The standard InChI is InChI=1S/C15H25NO2S/c1-4-13(3)11-19(17,18)12-15(16-5-2)14-9-7-6-8-10-14/h6-10,13,15-16H,4-5,11-12H2,1-3H3. The highest BCUT2D eigenvalue weighted by Gasteiger charge is 2.21. The van der Waals surface area contributed by atoms with Gasteiger partial charge in [-0.15, -0.1) is 0 Å². The molecule has 0 radical (unpaired) electrons. The average Bonchev–Trinajstić information content (AvgIpc) is 2.38. The first-order valence-electron chi connectivity index (χ1n) is 6.97. The number of nitrogens with one attached hydrogen (secondary N) is 1. The van der Waals surface area contributed by atoms with Gasteiger partial charge >= 0.3 is 0 Å². The number of rotatable bonds is 8. The third kappa shape index (κ3) is 5.74. The van der Waals surface area contributed by atoms with Gasteiger partial charge in [0.05, 0.1) is 11.5 Å². The molecule has 1 aromatic carbocycles. The van der Waals surface area contributed by atoms with Crippen LogP contribution in [0.4, 0.5) is 0 Å². The summed E-state index contributed by atoms with van der Waals surface area (Å²) < 4.78 is 24.4. The molecule has 0 aliphatic heterocycles. The Hall–Kier alpha value is -0.870. The van der Waals surface area contributed by atoms with E-state index in [1.54, 1.807) is 0 Å². The van der Waals surface area contributed by atoms with Crippen LogP contribution in [0, 0.1) is 5.92 Å². The van der Waals surface area contributed by atoms with E-state index in [4.69, 9.17) is 0 Å². The molecule has 2 atom stereocenters. The molecule has 1 aromatic rings. The predicted octanol–water partition coefficient (Wildman–Crippen LogP) is 2.80. The lowest BCUT2D eigenvalue weighted by atomic mass is 10.1. The van der Waals surface area contributed by atoms with Crippen molar-refractivity contribution >= 4 is 9.84 Å². The second kappa shape index (κ2) is 7.65. The van der Waals surface area contributed by atoms with Crippen molar-refractivity contribution in [3.8, 4) is 0 Å². The van der Waals surface area contributed by atoms with Crippen LogP contribution in [0.2, 0.25) is 0 Å². The van der Waals surface area contributed by atoms with E-state index in [1.807, 2.05) is 51.1 Å². The molecule has 0 saturated heterocycles. The largest absolute Gasteiger partial charge is 0.309 e. The minimum Gasteiger partial charge on any atom is -0.309 e. The summed E-state index contributed by atoms with van der Waals surface area (Å²) >= 11 is 0. The molecule has 1 N–H and O–H groups in total. The molecule has 0 amide bonds. The summed E-state index contributed by atoms with van der Waals surface area (Å²) in [5.41, 5.74) is 1.04. The molecular formula is C15H25NO2S. The maximum absolute atomic E-state index is 12.2. The lowest BCUT2D eigenvalue weighted by Crippen LogP contribution is -2.30. The first-order chi connectivity index (χ1) is 8.98. The molecule has 19 heavy (non-hydrogen) atoms.